The average molecular weight is 523 g/mol. The smallest absolute Gasteiger partial charge is 0.303 e. The zero-order chi connectivity index (χ0) is 26.7. The highest BCUT2D eigenvalue weighted by atomic mass is 16.5. The van der Waals surface area contributed by atoms with Crippen LogP contribution in [-0.2, 0) is 9.53 Å². The molecule has 0 aromatic carbocycles. The van der Waals surface area contributed by atoms with E-state index < -0.39 is 36.5 Å². The highest BCUT2D eigenvalue weighted by Crippen LogP contribution is 2.69. The van der Waals surface area contributed by atoms with Crippen molar-refractivity contribution >= 4 is 5.97 Å². The molecule has 7 nitrogen and oxygen atoms in total. The van der Waals surface area contributed by atoms with Gasteiger partial charge in [0.2, 0.25) is 0 Å². The van der Waals surface area contributed by atoms with Crippen LogP contribution in [0.25, 0.3) is 0 Å². The van der Waals surface area contributed by atoms with Crippen molar-refractivity contribution in [1.82, 2.24) is 0 Å². The number of carbonyl (C=O) groups is 1. The van der Waals surface area contributed by atoms with E-state index >= 15 is 0 Å². The Morgan fingerprint density at radius 1 is 0.919 bits per heavy atom. The average Bonchev–Trinajstić information content (AvgIpc) is 3.23. The van der Waals surface area contributed by atoms with Crippen molar-refractivity contribution in [3.63, 3.8) is 0 Å². The maximum absolute atomic E-state index is 11.2. The topological polar surface area (TPSA) is 127 Å². The molecule has 7 heteroatoms. The minimum Gasteiger partial charge on any atom is -0.481 e. The first-order valence-electron chi connectivity index (χ1n) is 15.0. The van der Waals surface area contributed by atoms with E-state index in [2.05, 4.69) is 20.8 Å². The molecule has 0 aromatic heterocycles. The molecule has 1 unspecified atom stereocenters. The molecule has 0 bridgehead atoms. The van der Waals surface area contributed by atoms with Gasteiger partial charge < -0.3 is 30.3 Å². The van der Waals surface area contributed by atoms with Crippen molar-refractivity contribution in [2.75, 3.05) is 6.61 Å². The molecule has 37 heavy (non-hydrogen) atoms. The van der Waals surface area contributed by atoms with Crippen LogP contribution >= 0.6 is 0 Å². The SMILES string of the molecule is C[C@H](CCC(=O)O)[C@H]1CC[C@H]2[C@@H]3CC[C@@H]4CC([C@@H]5O[C@H](CO)[C@@H](O)[C@H](O)[C@H]5O)CC[C@]4(C)[C@H]3CC[C@]12C. The van der Waals surface area contributed by atoms with Crippen molar-refractivity contribution < 1.29 is 35.1 Å². The predicted molar refractivity (Wildman–Crippen MR) is 139 cm³/mol. The van der Waals surface area contributed by atoms with Crippen LogP contribution in [0.3, 0.4) is 0 Å². The molecule has 5 fully saturated rings. The van der Waals surface area contributed by atoms with E-state index in [0.29, 0.717) is 29.1 Å². The summed E-state index contributed by atoms with van der Waals surface area (Å²) in [5.41, 5.74) is 0.609. The summed E-state index contributed by atoms with van der Waals surface area (Å²) in [5.74, 6) is 3.31. The number of aliphatic carboxylic acids is 1. The lowest BCUT2D eigenvalue weighted by Gasteiger charge is -2.62. The minimum atomic E-state index is -1.29. The number of carboxylic acids is 1. The maximum atomic E-state index is 11.2. The van der Waals surface area contributed by atoms with Gasteiger partial charge in [-0.1, -0.05) is 20.8 Å². The standard InChI is InChI=1S/C30H50O7/c1-16(4-9-24(32)33)20-7-8-21-19-6-5-18-14-17(28-27(36)26(35)25(34)23(15-31)37-28)10-12-29(18,2)22(19)11-13-30(20,21)3/h16-23,25-28,31,34-36H,4-15H2,1-3H3,(H,32,33)/t16-,17?,18-,19+,20-,21+,22+,23-,25-,26+,27-,28+,29+,30-/m1/s1. The molecule has 4 saturated carbocycles. The third kappa shape index (κ3) is 4.59. The lowest BCUT2D eigenvalue weighted by molar-refractivity contribution is -0.248. The molecule has 0 radical (unpaired) electrons. The van der Waals surface area contributed by atoms with Gasteiger partial charge in [-0.25, -0.2) is 0 Å². The number of carboxylic acid groups (broad SMARTS) is 1. The summed E-state index contributed by atoms with van der Waals surface area (Å²) < 4.78 is 5.98. The third-order valence-electron chi connectivity index (χ3n) is 12.7. The molecule has 5 aliphatic rings. The molecule has 0 aromatic rings. The van der Waals surface area contributed by atoms with Gasteiger partial charge in [0.05, 0.1) is 12.7 Å². The zero-order valence-corrected chi connectivity index (χ0v) is 23.0. The van der Waals surface area contributed by atoms with Crippen LogP contribution in [0.1, 0.15) is 91.4 Å². The number of aliphatic hydroxyl groups is 4. The fourth-order valence-electron chi connectivity index (χ4n) is 10.6. The molecule has 4 aliphatic carbocycles. The molecule has 0 spiro atoms. The first-order chi connectivity index (χ1) is 17.5. The molecular formula is C30H50O7. The van der Waals surface area contributed by atoms with Gasteiger partial charge in [-0.3, -0.25) is 4.79 Å². The molecule has 5 rings (SSSR count). The van der Waals surface area contributed by atoms with E-state index in [-0.39, 0.29) is 24.4 Å². The lowest BCUT2D eigenvalue weighted by atomic mass is 9.43. The van der Waals surface area contributed by atoms with Crippen LogP contribution in [0.2, 0.25) is 0 Å². The summed E-state index contributed by atoms with van der Waals surface area (Å²) in [6.45, 7) is 6.96. The van der Waals surface area contributed by atoms with Gasteiger partial charge in [-0.05, 0) is 116 Å². The van der Waals surface area contributed by atoms with E-state index in [1.165, 1.54) is 38.5 Å². The quantitative estimate of drug-likeness (QED) is 0.361. The van der Waals surface area contributed by atoms with E-state index in [4.69, 9.17) is 4.74 Å². The summed E-state index contributed by atoms with van der Waals surface area (Å²) in [4.78, 5) is 11.2. The zero-order valence-electron chi connectivity index (χ0n) is 23.0. The largest absolute Gasteiger partial charge is 0.481 e. The summed E-state index contributed by atoms with van der Waals surface area (Å²) in [7, 11) is 0. The molecule has 212 valence electrons. The van der Waals surface area contributed by atoms with Gasteiger partial charge in [0, 0.05) is 6.42 Å². The fraction of sp³-hybridized carbons (Fsp3) is 0.967. The van der Waals surface area contributed by atoms with Gasteiger partial charge in [-0.2, -0.15) is 0 Å². The number of hydrogen-bond acceptors (Lipinski definition) is 6. The number of ether oxygens (including phenoxy) is 1. The van der Waals surface area contributed by atoms with E-state index in [1.54, 1.807) is 0 Å². The number of hydrogen-bond donors (Lipinski definition) is 5. The Bertz CT molecular complexity index is 833. The molecule has 1 aliphatic heterocycles. The van der Waals surface area contributed by atoms with Gasteiger partial charge in [-0.15, -0.1) is 0 Å². The Morgan fingerprint density at radius 3 is 2.32 bits per heavy atom. The molecule has 1 heterocycles. The molecule has 1 saturated heterocycles. The molecule has 14 atom stereocenters. The van der Waals surface area contributed by atoms with Crippen molar-refractivity contribution in [2.24, 2.45) is 52.3 Å². The van der Waals surface area contributed by atoms with Crippen molar-refractivity contribution in [3.8, 4) is 0 Å². The minimum absolute atomic E-state index is 0.126. The Labute approximate surface area is 222 Å². The Kier molecular flexibility index (Phi) is 7.78. The van der Waals surface area contributed by atoms with Crippen LogP contribution in [0.4, 0.5) is 0 Å². The van der Waals surface area contributed by atoms with E-state index in [1.807, 2.05) is 0 Å². The third-order valence-corrected chi connectivity index (χ3v) is 12.7. The highest BCUT2D eigenvalue weighted by Gasteiger charge is 2.61. The number of fused-ring (bicyclic) bond motifs is 5. The summed E-state index contributed by atoms with van der Waals surface area (Å²) in [6.07, 6.45) is 6.48. The van der Waals surface area contributed by atoms with Crippen molar-refractivity contribution in [3.05, 3.63) is 0 Å². The van der Waals surface area contributed by atoms with Crippen molar-refractivity contribution in [2.45, 2.75) is 122 Å². The number of rotatable bonds is 6. The van der Waals surface area contributed by atoms with E-state index in [0.717, 1.165) is 37.5 Å². The monoisotopic (exact) mass is 522 g/mol. The summed E-state index contributed by atoms with van der Waals surface area (Å²) in [5, 5.41) is 50.1. The van der Waals surface area contributed by atoms with Gasteiger partial charge >= 0.3 is 5.97 Å². The second kappa shape index (κ2) is 10.3. The molecule has 5 N–H and O–H groups in total. The van der Waals surface area contributed by atoms with Crippen LogP contribution in [0.5, 0.6) is 0 Å². The van der Waals surface area contributed by atoms with Crippen LogP contribution in [0, 0.1) is 52.3 Å². The lowest BCUT2D eigenvalue weighted by Crippen LogP contribution is -2.61. The number of aliphatic hydroxyl groups excluding tert-OH is 4. The van der Waals surface area contributed by atoms with E-state index in [9.17, 15) is 30.3 Å². The van der Waals surface area contributed by atoms with Gasteiger partial charge in [0.1, 0.15) is 24.4 Å². The predicted octanol–water partition coefficient (Wildman–Crippen LogP) is 3.60. The van der Waals surface area contributed by atoms with Crippen molar-refractivity contribution in [1.29, 1.82) is 0 Å². The Morgan fingerprint density at radius 2 is 1.62 bits per heavy atom. The summed E-state index contributed by atoms with van der Waals surface area (Å²) >= 11 is 0. The second-order valence-electron chi connectivity index (χ2n) is 14.1. The Balaban J connectivity index is 1.27. The maximum Gasteiger partial charge on any atom is 0.303 e. The van der Waals surface area contributed by atoms with Gasteiger partial charge in [0.15, 0.2) is 0 Å². The first kappa shape index (κ1) is 27.8. The molecular weight excluding hydrogens is 472 g/mol. The molecule has 0 amide bonds. The normalized spacial score (nSPS) is 52.6. The van der Waals surface area contributed by atoms with Crippen LogP contribution < -0.4 is 0 Å². The van der Waals surface area contributed by atoms with Crippen LogP contribution in [0.15, 0.2) is 0 Å². The fourth-order valence-corrected chi connectivity index (χ4v) is 10.6. The second-order valence-corrected chi connectivity index (χ2v) is 14.1. The van der Waals surface area contributed by atoms with Gasteiger partial charge in [0.25, 0.3) is 0 Å². The first-order valence-corrected chi connectivity index (χ1v) is 15.0. The Hall–Kier alpha value is -0.730. The van der Waals surface area contributed by atoms with Crippen LogP contribution in [-0.4, -0.2) is 68.6 Å². The summed E-state index contributed by atoms with van der Waals surface area (Å²) in [6, 6.07) is 0. The highest BCUT2D eigenvalue weighted by molar-refractivity contribution is 5.66.